The quantitative estimate of drug-likeness (QED) is 0.823. The Hall–Kier alpha value is -2.67. The zero-order chi connectivity index (χ0) is 18.1. The van der Waals surface area contributed by atoms with Crippen LogP contribution < -0.4 is 4.74 Å². The molecule has 0 unspecified atom stereocenters. The molecular weight excluding hydrogens is 337 g/mol. The van der Waals surface area contributed by atoms with E-state index in [4.69, 9.17) is 9.47 Å². The van der Waals surface area contributed by atoms with Gasteiger partial charge in [0.25, 0.3) is 0 Å². The lowest BCUT2D eigenvalue weighted by Crippen LogP contribution is -2.37. The second-order valence-corrected chi connectivity index (χ2v) is 6.59. The number of hydrogen-bond donors (Lipinski definition) is 0. The van der Waals surface area contributed by atoms with Gasteiger partial charge >= 0.3 is 6.09 Å². The molecular formula is C19H20FN3O3. The summed E-state index contributed by atoms with van der Waals surface area (Å²) < 4.78 is 24.2. The van der Waals surface area contributed by atoms with Crippen molar-refractivity contribution in [3.05, 3.63) is 59.7 Å². The minimum Gasteiger partial charge on any atom is -0.496 e. The number of fused-ring (bicyclic) bond motifs is 1. The first-order valence-corrected chi connectivity index (χ1v) is 8.56. The number of likely N-dealkylation sites (tertiary alicyclic amines) is 1. The summed E-state index contributed by atoms with van der Waals surface area (Å²) in [6, 6.07) is 10.2. The molecule has 1 aromatic heterocycles. The maximum absolute atomic E-state index is 13.4. The molecule has 0 radical (unpaired) electrons. The van der Waals surface area contributed by atoms with Crippen LogP contribution in [0.15, 0.2) is 42.6 Å². The second-order valence-electron chi connectivity index (χ2n) is 6.59. The Bertz CT molecular complexity index is 802. The number of methoxy groups -OCH3 is 1. The first-order chi connectivity index (χ1) is 12.6. The molecule has 2 aromatic rings. The Balaban J connectivity index is 1.45. The zero-order valence-electron chi connectivity index (χ0n) is 14.5. The number of ether oxygens (including phenoxy) is 2. The van der Waals surface area contributed by atoms with Gasteiger partial charge in [0.1, 0.15) is 17.7 Å². The molecule has 0 bridgehead atoms. The van der Waals surface area contributed by atoms with Crippen molar-refractivity contribution in [3.8, 4) is 5.75 Å². The molecule has 2 aliphatic heterocycles. The average Bonchev–Trinajstić information content (AvgIpc) is 3.15. The van der Waals surface area contributed by atoms with Gasteiger partial charge < -0.3 is 9.47 Å². The highest BCUT2D eigenvalue weighted by Crippen LogP contribution is 2.30. The molecule has 1 amide bonds. The van der Waals surface area contributed by atoms with Gasteiger partial charge in [-0.25, -0.2) is 9.18 Å². The van der Waals surface area contributed by atoms with Crippen LogP contribution in [0, 0.1) is 5.82 Å². The number of benzene rings is 1. The molecule has 4 rings (SSSR count). The van der Waals surface area contributed by atoms with Crippen LogP contribution in [0.25, 0.3) is 0 Å². The molecule has 26 heavy (non-hydrogen) atoms. The van der Waals surface area contributed by atoms with Gasteiger partial charge in [-0.15, -0.1) is 0 Å². The molecule has 0 saturated carbocycles. The third-order valence-corrected chi connectivity index (χ3v) is 4.90. The standard InChI is InChI=1S/C19H20FN3O3/c1-25-17-8-14(20)6-5-13(17)9-22-11-16-18(12-22)26-19(24)23(16)10-15-4-2-3-7-21-15/h2-8,16,18H,9-12H2,1H3/t16-,18+/m0/s1. The van der Waals surface area contributed by atoms with Crippen LogP contribution in [-0.4, -0.2) is 53.2 Å². The summed E-state index contributed by atoms with van der Waals surface area (Å²) in [4.78, 5) is 20.4. The van der Waals surface area contributed by atoms with Crippen LogP contribution in [0.5, 0.6) is 5.75 Å². The number of hydrogen-bond acceptors (Lipinski definition) is 5. The Kier molecular flexibility index (Phi) is 4.46. The third-order valence-electron chi connectivity index (χ3n) is 4.90. The minimum atomic E-state index is -0.320. The summed E-state index contributed by atoms with van der Waals surface area (Å²) >= 11 is 0. The largest absolute Gasteiger partial charge is 0.496 e. The van der Waals surface area contributed by atoms with Crippen molar-refractivity contribution in [1.29, 1.82) is 0 Å². The fourth-order valence-corrected chi connectivity index (χ4v) is 3.65. The molecule has 0 N–H and O–H groups in total. The average molecular weight is 357 g/mol. The Morgan fingerprint density at radius 3 is 2.92 bits per heavy atom. The predicted octanol–water partition coefficient (Wildman–Crippen LogP) is 2.43. The molecule has 2 fully saturated rings. The summed E-state index contributed by atoms with van der Waals surface area (Å²) in [7, 11) is 1.54. The lowest BCUT2D eigenvalue weighted by Gasteiger charge is -2.22. The summed E-state index contributed by atoms with van der Waals surface area (Å²) in [6.07, 6.45) is 1.28. The molecule has 2 saturated heterocycles. The number of carbonyl (C=O) groups excluding carboxylic acids is 1. The highest BCUT2D eigenvalue weighted by Gasteiger charge is 2.47. The third kappa shape index (κ3) is 3.22. The number of halogens is 1. The first-order valence-electron chi connectivity index (χ1n) is 8.56. The maximum Gasteiger partial charge on any atom is 0.410 e. The number of pyridine rings is 1. The summed E-state index contributed by atoms with van der Waals surface area (Å²) in [5.74, 6) is 0.212. The Labute approximate surface area is 151 Å². The van der Waals surface area contributed by atoms with E-state index in [9.17, 15) is 9.18 Å². The summed E-state index contributed by atoms with van der Waals surface area (Å²) in [6.45, 7) is 2.40. The molecule has 0 aliphatic carbocycles. The van der Waals surface area contributed by atoms with Crippen LogP contribution in [0.3, 0.4) is 0 Å². The van der Waals surface area contributed by atoms with Crippen molar-refractivity contribution in [2.45, 2.75) is 25.2 Å². The number of aromatic nitrogens is 1. The van der Waals surface area contributed by atoms with Gasteiger partial charge in [-0.3, -0.25) is 14.8 Å². The Morgan fingerprint density at radius 2 is 2.15 bits per heavy atom. The van der Waals surface area contributed by atoms with Gasteiger partial charge in [0, 0.05) is 37.5 Å². The van der Waals surface area contributed by atoms with Crippen LogP contribution in [0.4, 0.5) is 9.18 Å². The predicted molar refractivity (Wildman–Crippen MR) is 92.1 cm³/mol. The van der Waals surface area contributed by atoms with Crippen LogP contribution in [-0.2, 0) is 17.8 Å². The molecule has 1 aromatic carbocycles. The van der Waals surface area contributed by atoms with E-state index in [1.165, 1.54) is 19.2 Å². The van der Waals surface area contributed by atoms with Crippen molar-refractivity contribution in [1.82, 2.24) is 14.8 Å². The molecule has 136 valence electrons. The lowest BCUT2D eigenvalue weighted by atomic mass is 10.2. The van der Waals surface area contributed by atoms with Gasteiger partial charge in [0.2, 0.25) is 0 Å². The van der Waals surface area contributed by atoms with Gasteiger partial charge in [-0.1, -0.05) is 12.1 Å². The van der Waals surface area contributed by atoms with Gasteiger partial charge in [-0.2, -0.15) is 0 Å². The van der Waals surface area contributed by atoms with E-state index in [1.807, 2.05) is 18.2 Å². The van der Waals surface area contributed by atoms with E-state index < -0.39 is 0 Å². The number of carbonyl (C=O) groups is 1. The van der Waals surface area contributed by atoms with E-state index in [-0.39, 0.29) is 24.1 Å². The van der Waals surface area contributed by atoms with Crippen molar-refractivity contribution < 1.29 is 18.7 Å². The normalized spacial score (nSPS) is 22.4. The van der Waals surface area contributed by atoms with E-state index in [1.54, 1.807) is 17.2 Å². The molecule has 2 atom stereocenters. The molecule has 0 spiro atoms. The summed E-state index contributed by atoms with van der Waals surface area (Å²) in [5.41, 5.74) is 1.75. The SMILES string of the molecule is COc1cc(F)ccc1CN1C[C@H]2OC(=O)N(Cc3ccccn3)[C@H]2C1. The first kappa shape index (κ1) is 16.8. The highest BCUT2D eigenvalue weighted by atomic mass is 19.1. The van der Waals surface area contributed by atoms with Crippen LogP contribution in [0.2, 0.25) is 0 Å². The number of nitrogens with zero attached hydrogens (tertiary/aromatic N) is 3. The molecule has 3 heterocycles. The number of rotatable bonds is 5. The molecule has 6 nitrogen and oxygen atoms in total. The topological polar surface area (TPSA) is 54.9 Å². The minimum absolute atomic E-state index is 0.00375. The molecule has 2 aliphatic rings. The van der Waals surface area contributed by atoms with E-state index in [0.29, 0.717) is 31.9 Å². The maximum atomic E-state index is 13.4. The fraction of sp³-hybridized carbons (Fsp3) is 0.368. The molecule has 7 heteroatoms. The van der Waals surface area contributed by atoms with E-state index in [2.05, 4.69) is 9.88 Å². The monoisotopic (exact) mass is 357 g/mol. The van der Waals surface area contributed by atoms with Gasteiger partial charge in [0.15, 0.2) is 0 Å². The summed E-state index contributed by atoms with van der Waals surface area (Å²) in [5, 5.41) is 0. The van der Waals surface area contributed by atoms with Crippen molar-refractivity contribution in [2.24, 2.45) is 0 Å². The van der Waals surface area contributed by atoms with Crippen molar-refractivity contribution in [2.75, 3.05) is 20.2 Å². The fourth-order valence-electron chi connectivity index (χ4n) is 3.65. The Morgan fingerprint density at radius 1 is 1.27 bits per heavy atom. The van der Waals surface area contributed by atoms with Gasteiger partial charge in [0.05, 0.1) is 25.4 Å². The second kappa shape index (κ2) is 6.92. The number of amides is 1. The lowest BCUT2D eigenvalue weighted by molar-refractivity contribution is 0.119. The van der Waals surface area contributed by atoms with E-state index >= 15 is 0 Å². The van der Waals surface area contributed by atoms with Crippen LogP contribution >= 0.6 is 0 Å². The highest BCUT2D eigenvalue weighted by molar-refractivity contribution is 5.71. The van der Waals surface area contributed by atoms with Crippen molar-refractivity contribution in [3.63, 3.8) is 0 Å². The van der Waals surface area contributed by atoms with E-state index in [0.717, 1.165) is 11.3 Å². The van der Waals surface area contributed by atoms with Crippen molar-refractivity contribution >= 4 is 6.09 Å². The van der Waals surface area contributed by atoms with Gasteiger partial charge in [-0.05, 0) is 18.2 Å². The smallest absolute Gasteiger partial charge is 0.410 e. The zero-order valence-corrected chi connectivity index (χ0v) is 14.5. The van der Waals surface area contributed by atoms with Crippen LogP contribution in [0.1, 0.15) is 11.3 Å².